The first-order chi connectivity index (χ1) is 7.29. The van der Waals surface area contributed by atoms with Gasteiger partial charge in [0.05, 0.1) is 0 Å². The summed E-state index contributed by atoms with van der Waals surface area (Å²) in [6, 6.07) is 6.72. The second-order valence-corrected chi connectivity index (χ2v) is 4.19. The lowest BCUT2D eigenvalue weighted by molar-refractivity contribution is 0.521. The van der Waals surface area contributed by atoms with Gasteiger partial charge in [-0.2, -0.15) is 0 Å². The van der Waals surface area contributed by atoms with Crippen LogP contribution in [0.4, 0.5) is 4.39 Å². The molecule has 82 valence electrons. The molecule has 0 amide bonds. The third kappa shape index (κ3) is 3.01. The highest BCUT2D eigenvalue weighted by Gasteiger charge is 2.22. The first-order valence-electron chi connectivity index (χ1n) is 5.48. The quantitative estimate of drug-likeness (QED) is 0.774. The van der Waals surface area contributed by atoms with E-state index in [0.717, 1.165) is 18.0 Å². The number of halogens is 1. The maximum atomic E-state index is 12.7. The first kappa shape index (κ1) is 10.6. The van der Waals surface area contributed by atoms with Crippen molar-refractivity contribution in [3.05, 3.63) is 35.6 Å². The van der Waals surface area contributed by atoms with Crippen molar-refractivity contribution in [2.45, 2.75) is 18.9 Å². The van der Waals surface area contributed by atoms with Gasteiger partial charge in [-0.3, -0.25) is 0 Å². The van der Waals surface area contributed by atoms with E-state index in [1.165, 1.54) is 25.0 Å². The second-order valence-electron chi connectivity index (χ2n) is 4.19. The summed E-state index contributed by atoms with van der Waals surface area (Å²) in [5, 5.41) is 3.42. The van der Waals surface area contributed by atoms with Crippen LogP contribution in [0.3, 0.4) is 0 Å². The third-order valence-corrected chi connectivity index (χ3v) is 2.86. The molecule has 1 atom stereocenters. The molecule has 2 rings (SSSR count). The van der Waals surface area contributed by atoms with Crippen LogP contribution in [0.5, 0.6) is 0 Å². The van der Waals surface area contributed by atoms with Gasteiger partial charge in [0.25, 0.3) is 0 Å². The van der Waals surface area contributed by atoms with Crippen LogP contribution in [0.15, 0.2) is 24.3 Å². The summed E-state index contributed by atoms with van der Waals surface area (Å²) < 4.78 is 12.7. The van der Waals surface area contributed by atoms with Gasteiger partial charge in [0, 0.05) is 12.6 Å². The Kier molecular flexibility index (Phi) is 3.34. The molecule has 15 heavy (non-hydrogen) atoms. The summed E-state index contributed by atoms with van der Waals surface area (Å²) in [5.41, 5.74) is 6.76. The summed E-state index contributed by atoms with van der Waals surface area (Å²) in [5.74, 6) is 0.635. The van der Waals surface area contributed by atoms with Crippen LogP contribution < -0.4 is 11.1 Å². The molecular formula is C12H17FN2. The minimum absolute atomic E-state index is 0.159. The van der Waals surface area contributed by atoms with Crippen LogP contribution >= 0.6 is 0 Å². The lowest BCUT2D eigenvalue weighted by Gasteiger charge is -2.17. The van der Waals surface area contributed by atoms with Gasteiger partial charge in [-0.1, -0.05) is 12.1 Å². The summed E-state index contributed by atoms with van der Waals surface area (Å²) >= 11 is 0. The molecule has 1 aromatic rings. The van der Waals surface area contributed by atoms with Crippen LogP contribution in [-0.4, -0.2) is 13.1 Å². The number of nitrogens with two attached hydrogens (primary N) is 1. The van der Waals surface area contributed by atoms with E-state index in [1.807, 2.05) is 0 Å². The molecule has 0 heterocycles. The molecule has 3 heteroatoms. The van der Waals surface area contributed by atoms with Crippen molar-refractivity contribution in [2.24, 2.45) is 11.7 Å². The zero-order valence-electron chi connectivity index (χ0n) is 8.75. The van der Waals surface area contributed by atoms with Crippen LogP contribution in [0.1, 0.15) is 24.4 Å². The maximum absolute atomic E-state index is 12.7. The Hall–Kier alpha value is -0.930. The Morgan fingerprint density at radius 3 is 2.53 bits per heavy atom. The Morgan fingerprint density at radius 1 is 1.33 bits per heavy atom. The van der Waals surface area contributed by atoms with E-state index in [4.69, 9.17) is 5.73 Å². The second kappa shape index (κ2) is 4.73. The van der Waals surface area contributed by atoms with Gasteiger partial charge in [0.1, 0.15) is 5.82 Å². The summed E-state index contributed by atoms with van der Waals surface area (Å²) in [6.45, 7) is 1.58. The predicted molar refractivity (Wildman–Crippen MR) is 58.9 cm³/mol. The van der Waals surface area contributed by atoms with Gasteiger partial charge in [0.15, 0.2) is 0 Å². The average Bonchev–Trinajstić information content (AvgIpc) is 3.05. The van der Waals surface area contributed by atoms with E-state index in [-0.39, 0.29) is 11.9 Å². The van der Waals surface area contributed by atoms with Gasteiger partial charge in [-0.15, -0.1) is 0 Å². The maximum Gasteiger partial charge on any atom is 0.123 e. The molecule has 2 nitrogen and oxygen atoms in total. The zero-order chi connectivity index (χ0) is 10.7. The average molecular weight is 208 g/mol. The highest BCUT2D eigenvalue weighted by molar-refractivity contribution is 5.20. The molecule has 0 saturated heterocycles. The molecule has 1 aliphatic rings. The van der Waals surface area contributed by atoms with Crippen molar-refractivity contribution in [1.82, 2.24) is 5.32 Å². The molecule has 1 aromatic carbocycles. The Morgan fingerprint density at radius 2 is 2.00 bits per heavy atom. The lowest BCUT2D eigenvalue weighted by atomic mass is 10.1. The van der Waals surface area contributed by atoms with Crippen molar-refractivity contribution >= 4 is 0 Å². The standard InChI is InChI=1S/C12H17FN2/c13-11-5-3-10(4-6-11)12(7-14)15-8-9-1-2-9/h3-6,9,12,15H,1-2,7-8,14H2. The van der Waals surface area contributed by atoms with E-state index in [9.17, 15) is 4.39 Å². The molecule has 0 bridgehead atoms. The summed E-state index contributed by atoms with van der Waals surface area (Å²) in [4.78, 5) is 0. The SMILES string of the molecule is NCC(NCC1CC1)c1ccc(F)cc1. The number of hydrogen-bond acceptors (Lipinski definition) is 2. The largest absolute Gasteiger partial charge is 0.329 e. The summed E-state index contributed by atoms with van der Waals surface area (Å²) in [7, 11) is 0. The fourth-order valence-corrected chi connectivity index (χ4v) is 1.66. The molecule has 0 radical (unpaired) electrons. The number of benzene rings is 1. The number of rotatable bonds is 5. The van der Waals surface area contributed by atoms with E-state index < -0.39 is 0 Å². The molecule has 0 aliphatic heterocycles. The van der Waals surface area contributed by atoms with E-state index >= 15 is 0 Å². The van der Waals surface area contributed by atoms with Gasteiger partial charge in [0.2, 0.25) is 0 Å². The normalized spacial score (nSPS) is 17.7. The predicted octanol–water partition coefficient (Wildman–Crippen LogP) is 1.83. The van der Waals surface area contributed by atoms with Crippen LogP contribution in [0, 0.1) is 11.7 Å². The highest BCUT2D eigenvalue weighted by atomic mass is 19.1. The topological polar surface area (TPSA) is 38.0 Å². The molecule has 1 unspecified atom stereocenters. The Labute approximate surface area is 89.7 Å². The molecule has 1 aliphatic carbocycles. The van der Waals surface area contributed by atoms with Gasteiger partial charge < -0.3 is 11.1 Å². The fourth-order valence-electron chi connectivity index (χ4n) is 1.66. The number of hydrogen-bond donors (Lipinski definition) is 2. The first-order valence-corrected chi connectivity index (χ1v) is 5.48. The van der Waals surface area contributed by atoms with Crippen molar-refractivity contribution < 1.29 is 4.39 Å². The zero-order valence-corrected chi connectivity index (χ0v) is 8.75. The highest BCUT2D eigenvalue weighted by Crippen LogP contribution is 2.28. The number of nitrogens with one attached hydrogen (secondary N) is 1. The minimum atomic E-state index is -0.197. The van der Waals surface area contributed by atoms with Crippen molar-refractivity contribution in [3.63, 3.8) is 0 Å². The van der Waals surface area contributed by atoms with Crippen molar-refractivity contribution in [2.75, 3.05) is 13.1 Å². The van der Waals surface area contributed by atoms with E-state index in [0.29, 0.717) is 6.54 Å². The van der Waals surface area contributed by atoms with Gasteiger partial charge >= 0.3 is 0 Å². The van der Waals surface area contributed by atoms with E-state index in [2.05, 4.69) is 5.32 Å². The van der Waals surface area contributed by atoms with Gasteiger partial charge in [-0.25, -0.2) is 4.39 Å². The molecule has 1 saturated carbocycles. The van der Waals surface area contributed by atoms with Crippen molar-refractivity contribution in [1.29, 1.82) is 0 Å². The van der Waals surface area contributed by atoms with Crippen LogP contribution in [0.2, 0.25) is 0 Å². The van der Waals surface area contributed by atoms with Crippen LogP contribution in [0.25, 0.3) is 0 Å². The van der Waals surface area contributed by atoms with Crippen molar-refractivity contribution in [3.8, 4) is 0 Å². The molecule has 0 spiro atoms. The minimum Gasteiger partial charge on any atom is -0.329 e. The molecule has 0 aromatic heterocycles. The Balaban J connectivity index is 1.94. The molecule has 3 N–H and O–H groups in total. The molecular weight excluding hydrogens is 191 g/mol. The monoisotopic (exact) mass is 208 g/mol. The smallest absolute Gasteiger partial charge is 0.123 e. The fraction of sp³-hybridized carbons (Fsp3) is 0.500. The third-order valence-electron chi connectivity index (χ3n) is 2.86. The van der Waals surface area contributed by atoms with E-state index in [1.54, 1.807) is 12.1 Å². The van der Waals surface area contributed by atoms with Gasteiger partial charge in [-0.05, 0) is 43.0 Å². The summed E-state index contributed by atoms with van der Waals surface area (Å²) in [6.07, 6.45) is 2.65. The molecule has 1 fully saturated rings. The lowest BCUT2D eigenvalue weighted by Crippen LogP contribution is -2.29. The van der Waals surface area contributed by atoms with Crippen LogP contribution in [-0.2, 0) is 0 Å². The Bertz CT molecular complexity index is 306.